The number of ether oxygens (including phenoxy) is 2. The molecule has 2 aromatic carbocycles. The van der Waals surface area contributed by atoms with Crippen molar-refractivity contribution in [1.29, 1.82) is 0 Å². The number of carbonyl (C=O) groups excluding carboxylic acids is 1. The lowest BCUT2D eigenvalue weighted by molar-refractivity contribution is -0.111. The predicted molar refractivity (Wildman–Crippen MR) is 144 cm³/mol. The van der Waals surface area contributed by atoms with E-state index in [0.717, 1.165) is 26.1 Å². The summed E-state index contributed by atoms with van der Waals surface area (Å²) in [4.78, 5) is 24.1. The quantitative estimate of drug-likeness (QED) is 0.372. The van der Waals surface area contributed by atoms with Gasteiger partial charge in [0.05, 0.1) is 29.4 Å². The van der Waals surface area contributed by atoms with Crippen LogP contribution in [0.15, 0.2) is 48.8 Å². The highest BCUT2D eigenvalue weighted by Gasteiger charge is 2.36. The van der Waals surface area contributed by atoms with Gasteiger partial charge in [0.25, 0.3) is 0 Å². The van der Waals surface area contributed by atoms with Gasteiger partial charge < -0.3 is 25.4 Å². The Labute approximate surface area is 224 Å². The third-order valence-electron chi connectivity index (χ3n) is 7.14. The maximum absolute atomic E-state index is 13.6. The van der Waals surface area contributed by atoms with Gasteiger partial charge in [0, 0.05) is 61.4 Å². The largest absolute Gasteiger partial charge is 0.486 e. The fourth-order valence-electron chi connectivity index (χ4n) is 5.22. The molecule has 38 heavy (non-hydrogen) atoms. The summed E-state index contributed by atoms with van der Waals surface area (Å²) in [5.41, 5.74) is 1.69. The van der Waals surface area contributed by atoms with Gasteiger partial charge in [-0.15, -0.1) is 0 Å². The highest BCUT2D eigenvalue weighted by Crippen LogP contribution is 2.35. The zero-order valence-corrected chi connectivity index (χ0v) is 21.4. The molecule has 4 heterocycles. The van der Waals surface area contributed by atoms with Gasteiger partial charge in [-0.25, -0.2) is 14.4 Å². The molecular formula is C27H28ClFN6O3. The van der Waals surface area contributed by atoms with Gasteiger partial charge in [0.15, 0.2) is 0 Å². The lowest BCUT2D eigenvalue weighted by atomic mass is 10.1. The first-order valence-corrected chi connectivity index (χ1v) is 13.1. The van der Waals surface area contributed by atoms with Crippen LogP contribution in [0.4, 0.5) is 21.6 Å². The molecule has 1 aromatic heterocycles. The van der Waals surface area contributed by atoms with E-state index in [-0.39, 0.29) is 17.0 Å². The normalized spacial score (nSPS) is 22.9. The Morgan fingerprint density at radius 2 is 2.24 bits per heavy atom. The lowest BCUT2D eigenvalue weighted by Gasteiger charge is -2.25. The molecule has 3 aliphatic rings. The van der Waals surface area contributed by atoms with Crippen molar-refractivity contribution < 1.29 is 18.7 Å². The number of halogens is 2. The van der Waals surface area contributed by atoms with E-state index in [1.165, 1.54) is 24.9 Å². The van der Waals surface area contributed by atoms with Crippen molar-refractivity contribution >= 4 is 45.6 Å². The standard InChI is InChI=1S/C27H28ClFN6O3/c28-21-9-16(3-4-22(21)29)33-27-20-10-24(25(11-23(20)31-15-32-27)38-19-5-7-37-14-19)34-26(36)2-1-6-35-13-17-8-18(35)12-30-17/h1-4,9-11,15,17-19,30H,5-8,12-14H2,(H,34,36)(H,31,32,33)/b2-1+/t17?,18?,19-/m0/s1. The number of fused-ring (bicyclic) bond motifs is 3. The molecule has 2 bridgehead atoms. The first-order valence-electron chi connectivity index (χ1n) is 12.7. The number of hydrogen-bond acceptors (Lipinski definition) is 8. The van der Waals surface area contributed by atoms with Crippen molar-refractivity contribution in [3.63, 3.8) is 0 Å². The molecule has 3 aliphatic heterocycles. The maximum Gasteiger partial charge on any atom is 0.248 e. The van der Waals surface area contributed by atoms with Crippen molar-refractivity contribution in [1.82, 2.24) is 20.2 Å². The molecule has 0 spiro atoms. The van der Waals surface area contributed by atoms with Crippen molar-refractivity contribution in [2.45, 2.75) is 31.0 Å². The van der Waals surface area contributed by atoms with E-state index in [2.05, 4.69) is 30.8 Å². The zero-order valence-electron chi connectivity index (χ0n) is 20.6. The Hall–Kier alpha value is -3.31. The average molecular weight is 539 g/mol. The summed E-state index contributed by atoms with van der Waals surface area (Å²) >= 11 is 5.95. The molecule has 0 saturated carbocycles. The molecule has 3 saturated heterocycles. The number of anilines is 3. The van der Waals surface area contributed by atoms with Crippen LogP contribution in [-0.4, -0.2) is 71.8 Å². The van der Waals surface area contributed by atoms with Gasteiger partial charge in [0.1, 0.15) is 29.8 Å². The minimum absolute atomic E-state index is 0.000549. The van der Waals surface area contributed by atoms with E-state index in [0.29, 0.717) is 59.1 Å². The van der Waals surface area contributed by atoms with E-state index in [9.17, 15) is 9.18 Å². The Morgan fingerprint density at radius 3 is 3.00 bits per heavy atom. The molecule has 0 radical (unpaired) electrons. The molecule has 3 N–H and O–H groups in total. The van der Waals surface area contributed by atoms with Crippen LogP contribution < -0.4 is 20.7 Å². The number of likely N-dealkylation sites (tertiary alicyclic amines) is 1. The summed E-state index contributed by atoms with van der Waals surface area (Å²) in [7, 11) is 0. The molecule has 9 nitrogen and oxygen atoms in total. The average Bonchev–Trinajstić information content (AvgIpc) is 3.66. The maximum atomic E-state index is 13.6. The fraction of sp³-hybridized carbons (Fsp3) is 0.370. The van der Waals surface area contributed by atoms with E-state index in [1.54, 1.807) is 24.3 Å². The monoisotopic (exact) mass is 538 g/mol. The fourth-order valence-corrected chi connectivity index (χ4v) is 5.40. The third-order valence-corrected chi connectivity index (χ3v) is 7.43. The van der Waals surface area contributed by atoms with Crippen molar-refractivity contribution in [2.75, 3.05) is 43.5 Å². The van der Waals surface area contributed by atoms with Crippen LogP contribution in [0.25, 0.3) is 10.9 Å². The predicted octanol–water partition coefficient (Wildman–Crippen LogP) is 3.87. The molecule has 2 unspecified atom stereocenters. The van der Waals surface area contributed by atoms with E-state index in [1.807, 2.05) is 6.08 Å². The number of nitrogens with zero attached hydrogens (tertiary/aromatic N) is 3. The number of amides is 1. The van der Waals surface area contributed by atoms with Gasteiger partial charge in [-0.3, -0.25) is 9.69 Å². The minimum Gasteiger partial charge on any atom is -0.486 e. The van der Waals surface area contributed by atoms with Crippen molar-refractivity contribution in [2.24, 2.45) is 0 Å². The number of hydrogen-bond donors (Lipinski definition) is 3. The Balaban J connectivity index is 1.25. The van der Waals surface area contributed by atoms with E-state index < -0.39 is 5.82 Å². The second-order valence-electron chi connectivity index (χ2n) is 9.79. The molecule has 198 valence electrons. The minimum atomic E-state index is -0.505. The Kier molecular flexibility index (Phi) is 7.12. The SMILES string of the molecule is O=C(/C=C/CN1CC2CC1CN2)Nc1cc2c(Nc3ccc(F)c(Cl)c3)ncnc2cc1O[C@H]1CCOC1. The van der Waals surface area contributed by atoms with Crippen LogP contribution in [0, 0.1) is 5.82 Å². The van der Waals surface area contributed by atoms with Gasteiger partial charge in [0.2, 0.25) is 5.91 Å². The number of piperazine rings is 1. The Morgan fingerprint density at radius 1 is 1.32 bits per heavy atom. The smallest absolute Gasteiger partial charge is 0.248 e. The third kappa shape index (κ3) is 5.44. The Bertz CT molecular complexity index is 1380. The van der Waals surface area contributed by atoms with Crippen LogP contribution in [0.1, 0.15) is 12.8 Å². The summed E-state index contributed by atoms with van der Waals surface area (Å²) in [6.45, 7) is 3.87. The zero-order chi connectivity index (χ0) is 26.1. The van der Waals surface area contributed by atoms with E-state index >= 15 is 0 Å². The summed E-state index contributed by atoms with van der Waals surface area (Å²) in [5.74, 6) is 0.231. The molecule has 3 aromatic rings. The molecule has 0 aliphatic carbocycles. The highest BCUT2D eigenvalue weighted by atomic mass is 35.5. The van der Waals surface area contributed by atoms with E-state index in [4.69, 9.17) is 21.1 Å². The van der Waals surface area contributed by atoms with Crippen LogP contribution in [0.5, 0.6) is 5.75 Å². The molecular weight excluding hydrogens is 511 g/mol. The van der Waals surface area contributed by atoms with Crippen LogP contribution in [-0.2, 0) is 9.53 Å². The summed E-state index contributed by atoms with van der Waals surface area (Å²) < 4.78 is 25.3. The molecule has 3 fully saturated rings. The number of aromatic nitrogens is 2. The first-order chi connectivity index (χ1) is 18.5. The van der Waals surface area contributed by atoms with Crippen molar-refractivity contribution in [3.8, 4) is 5.75 Å². The second-order valence-corrected chi connectivity index (χ2v) is 10.2. The molecule has 6 rings (SSSR count). The van der Waals surface area contributed by atoms with Crippen LogP contribution >= 0.6 is 11.6 Å². The second kappa shape index (κ2) is 10.8. The van der Waals surface area contributed by atoms with Gasteiger partial charge in [-0.2, -0.15) is 0 Å². The van der Waals surface area contributed by atoms with Gasteiger partial charge in [-0.1, -0.05) is 17.7 Å². The number of carbonyl (C=O) groups is 1. The molecule has 3 atom stereocenters. The van der Waals surface area contributed by atoms with Gasteiger partial charge in [-0.05, 0) is 30.7 Å². The highest BCUT2D eigenvalue weighted by molar-refractivity contribution is 6.31. The van der Waals surface area contributed by atoms with Gasteiger partial charge >= 0.3 is 0 Å². The first kappa shape index (κ1) is 25.0. The summed E-state index contributed by atoms with van der Waals surface area (Å²) in [6.07, 6.45) is 6.72. The van der Waals surface area contributed by atoms with Crippen LogP contribution in [0.2, 0.25) is 5.02 Å². The topological polar surface area (TPSA) is 101 Å². The number of benzene rings is 2. The number of nitrogens with one attached hydrogen (secondary N) is 3. The summed E-state index contributed by atoms with van der Waals surface area (Å²) in [5, 5.41) is 10.3. The van der Waals surface area contributed by atoms with Crippen molar-refractivity contribution in [3.05, 3.63) is 59.7 Å². The molecule has 11 heteroatoms. The molecule has 1 amide bonds. The summed E-state index contributed by atoms with van der Waals surface area (Å²) in [6, 6.07) is 9.02. The van der Waals surface area contributed by atoms with Crippen LogP contribution in [0.3, 0.4) is 0 Å². The number of rotatable bonds is 8. The lowest BCUT2D eigenvalue weighted by Crippen LogP contribution is -2.43.